The smallest absolute Gasteiger partial charge is 0.159 e. The summed E-state index contributed by atoms with van der Waals surface area (Å²) in [6.07, 6.45) is 3.21. The maximum atomic E-state index is 5.46. The van der Waals surface area contributed by atoms with Crippen molar-refractivity contribution in [1.29, 1.82) is 0 Å². The lowest BCUT2D eigenvalue weighted by atomic mass is 10.1. The van der Waals surface area contributed by atoms with E-state index in [2.05, 4.69) is 22.1 Å². The normalized spacial score (nSPS) is 19.1. The largest absolute Gasteiger partial charge is 0.350 e. The first kappa shape index (κ1) is 12.0. The van der Waals surface area contributed by atoms with Gasteiger partial charge >= 0.3 is 0 Å². The summed E-state index contributed by atoms with van der Waals surface area (Å²) in [6.45, 7) is 1.48. The second-order valence-electron chi connectivity index (χ2n) is 4.06. The Kier molecular flexibility index (Phi) is 4.78. The predicted molar refractivity (Wildman–Crippen MR) is 65.8 cm³/mol. The fraction of sp³-hybridized carbons (Fsp3) is 0.667. The lowest BCUT2D eigenvalue weighted by Gasteiger charge is -2.18. The molecule has 1 saturated heterocycles. The Morgan fingerprint density at radius 1 is 1.50 bits per heavy atom. The maximum Gasteiger partial charge on any atom is 0.159 e. The molecule has 16 heavy (non-hydrogen) atoms. The van der Waals surface area contributed by atoms with Gasteiger partial charge in [-0.25, -0.2) is 0 Å². The van der Waals surface area contributed by atoms with Crippen LogP contribution in [0.15, 0.2) is 16.8 Å². The Labute approximate surface area is 101 Å². The first-order valence-electron chi connectivity index (χ1n) is 5.80. The molecule has 0 aromatic carbocycles. The van der Waals surface area contributed by atoms with Crippen molar-refractivity contribution in [2.75, 3.05) is 20.3 Å². The van der Waals surface area contributed by atoms with E-state index in [-0.39, 0.29) is 6.29 Å². The topological polar surface area (TPSA) is 30.5 Å². The summed E-state index contributed by atoms with van der Waals surface area (Å²) >= 11 is 1.76. The van der Waals surface area contributed by atoms with E-state index in [1.54, 1.807) is 11.3 Å². The fourth-order valence-corrected chi connectivity index (χ4v) is 2.63. The monoisotopic (exact) mass is 241 g/mol. The lowest BCUT2D eigenvalue weighted by molar-refractivity contribution is -0.0527. The molecule has 2 rings (SSSR count). The molecule has 1 aromatic heterocycles. The zero-order valence-corrected chi connectivity index (χ0v) is 10.5. The van der Waals surface area contributed by atoms with Crippen molar-refractivity contribution in [3.63, 3.8) is 0 Å². The third kappa shape index (κ3) is 3.56. The zero-order valence-electron chi connectivity index (χ0n) is 9.65. The number of hydrogen-bond acceptors (Lipinski definition) is 4. The summed E-state index contributed by atoms with van der Waals surface area (Å²) in [6, 6.07) is 2.67. The average molecular weight is 241 g/mol. The molecule has 0 amide bonds. The van der Waals surface area contributed by atoms with Crippen LogP contribution in [0, 0.1) is 0 Å². The Morgan fingerprint density at radius 2 is 2.31 bits per heavy atom. The summed E-state index contributed by atoms with van der Waals surface area (Å²) < 4.78 is 10.9. The number of rotatable bonds is 6. The van der Waals surface area contributed by atoms with E-state index in [0.29, 0.717) is 6.04 Å². The summed E-state index contributed by atoms with van der Waals surface area (Å²) in [7, 11) is 2.01. The van der Waals surface area contributed by atoms with Gasteiger partial charge in [0.1, 0.15) is 0 Å². The van der Waals surface area contributed by atoms with E-state index >= 15 is 0 Å². The van der Waals surface area contributed by atoms with Crippen molar-refractivity contribution in [2.24, 2.45) is 0 Å². The minimum atomic E-state index is -0.0000697. The van der Waals surface area contributed by atoms with Gasteiger partial charge in [-0.05, 0) is 42.3 Å². The van der Waals surface area contributed by atoms with Crippen molar-refractivity contribution < 1.29 is 9.47 Å². The summed E-state index contributed by atoms with van der Waals surface area (Å²) in [5, 5.41) is 7.68. The number of hydrogen-bond donors (Lipinski definition) is 1. The SMILES string of the molecule is CNC(CCc1ccsc1)CC1OCCO1. The van der Waals surface area contributed by atoms with E-state index < -0.39 is 0 Å². The van der Waals surface area contributed by atoms with Gasteiger partial charge in [-0.2, -0.15) is 11.3 Å². The van der Waals surface area contributed by atoms with Crippen molar-refractivity contribution in [1.82, 2.24) is 5.32 Å². The second-order valence-corrected chi connectivity index (χ2v) is 4.84. The van der Waals surface area contributed by atoms with Gasteiger partial charge in [-0.1, -0.05) is 0 Å². The second kappa shape index (κ2) is 6.35. The number of thiophene rings is 1. The average Bonchev–Trinajstić information content (AvgIpc) is 2.97. The Morgan fingerprint density at radius 3 is 2.94 bits per heavy atom. The van der Waals surface area contributed by atoms with Crippen LogP contribution in [-0.2, 0) is 15.9 Å². The van der Waals surface area contributed by atoms with Crippen LogP contribution in [0.25, 0.3) is 0 Å². The zero-order chi connectivity index (χ0) is 11.2. The molecule has 3 nitrogen and oxygen atoms in total. The van der Waals surface area contributed by atoms with Crippen LogP contribution in [0.4, 0.5) is 0 Å². The highest BCUT2D eigenvalue weighted by Gasteiger charge is 2.20. The lowest BCUT2D eigenvalue weighted by Crippen LogP contribution is -2.30. The van der Waals surface area contributed by atoms with Gasteiger partial charge in [-0.15, -0.1) is 0 Å². The molecule has 1 atom stereocenters. The number of ether oxygens (including phenoxy) is 2. The van der Waals surface area contributed by atoms with E-state index in [0.717, 1.165) is 32.5 Å². The highest BCUT2D eigenvalue weighted by molar-refractivity contribution is 7.07. The highest BCUT2D eigenvalue weighted by atomic mass is 32.1. The maximum absolute atomic E-state index is 5.46. The minimum absolute atomic E-state index is 0.0000697. The van der Waals surface area contributed by atoms with Crippen LogP contribution in [-0.4, -0.2) is 32.6 Å². The molecule has 1 unspecified atom stereocenters. The molecule has 4 heteroatoms. The van der Waals surface area contributed by atoms with Gasteiger partial charge in [0.2, 0.25) is 0 Å². The fourth-order valence-electron chi connectivity index (χ4n) is 1.93. The van der Waals surface area contributed by atoms with Gasteiger partial charge in [0.25, 0.3) is 0 Å². The third-order valence-electron chi connectivity index (χ3n) is 2.94. The molecule has 0 aliphatic carbocycles. The molecule has 1 aromatic rings. The molecular weight excluding hydrogens is 222 g/mol. The Balaban J connectivity index is 1.72. The predicted octanol–water partition coefficient (Wildman–Crippen LogP) is 2.03. The quantitative estimate of drug-likeness (QED) is 0.826. The van der Waals surface area contributed by atoms with Crippen LogP contribution in [0.1, 0.15) is 18.4 Å². The summed E-state index contributed by atoms with van der Waals surface area (Å²) in [5.41, 5.74) is 1.43. The molecule has 2 heterocycles. The van der Waals surface area contributed by atoms with Crippen molar-refractivity contribution in [3.8, 4) is 0 Å². The third-order valence-corrected chi connectivity index (χ3v) is 3.67. The van der Waals surface area contributed by atoms with Crippen molar-refractivity contribution >= 4 is 11.3 Å². The first-order valence-corrected chi connectivity index (χ1v) is 6.74. The first-order chi connectivity index (χ1) is 7.88. The molecule has 0 radical (unpaired) electrons. The van der Waals surface area contributed by atoms with Gasteiger partial charge in [0.05, 0.1) is 13.2 Å². The Bertz CT molecular complexity index is 283. The van der Waals surface area contributed by atoms with Gasteiger partial charge in [-0.3, -0.25) is 0 Å². The van der Waals surface area contributed by atoms with Crippen molar-refractivity contribution in [2.45, 2.75) is 31.6 Å². The van der Waals surface area contributed by atoms with E-state index in [9.17, 15) is 0 Å². The molecule has 1 fully saturated rings. The van der Waals surface area contributed by atoms with Crippen LogP contribution < -0.4 is 5.32 Å². The molecule has 1 N–H and O–H groups in total. The number of aryl methyl sites for hydroxylation is 1. The van der Waals surface area contributed by atoms with Crippen LogP contribution in [0.3, 0.4) is 0 Å². The van der Waals surface area contributed by atoms with Gasteiger partial charge < -0.3 is 14.8 Å². The molecule has 1 aliphatic rings. The molecule has 0 spiro atoms. The summed E-state index contributed by atoms with van der Waals surface area (Å²) in [4.78, 5) is 0. The summed E-state index contributed by atoms with van der Waals surface area (Å²) in [5.74, 6) is 0. The Hall–Kier alpha value is -0.420. The van der Waals surface area contributed by atoms with Gasteiger partial charge in [0, 0.05) is 12.5 Å². The minimum Gasteiger partial charge on any atom is -0.350 e. The molecular formula is C12H19NO2S. The molecule has 1 aliphatic heterocycles. The van der Waals surface area contributed by atoms with Crippen LogP contribution in [0.2, 0.25) is 0 Å². The molecule has 0 saturated carbocycles. The van der Waals surface area contributed by atoms with E-state index in [1.807, 2.05) is 7.05 Å². The number of nitrogens with one attached hydrogen (secondary N) is 1. The van der Waals surface area contributed by atoms with Crippen LogP contribution >= 0.6 is 11.3 Å². The highest BCUT2D eigenvalue weighted by Crippen LogP contribution is 2.15. The molecule has 0 bridgehead atoms. The van der Waals surface area contributed by atoms with E-state index in [1.165, 1.54) is 5.56 Å². The standard InChI is InChI=1S/C12H19NO2S/c1-13-11(8-12-14-5-6-15-12)3-2-10-4-7-16-9-10/h4,7,9,11-13H,2-3,5-6,8H2,1H3. The van der Waals surface area contributed by atoms with Crippen molar-refractivity contribution in [3.05, 3.63) is 22.4 Å². The van der Waals surface area contributed by atoms with E-state index in [4.69, 9.17) is 9.47 Å². The van der Waals surface area contributed by atoms with Crippen LogP contribution in [0.5, 0.6) is 0 Å². The molecule has 90 valence electrons. The van der Waals surface area contributed by atoms with Gasteiger partial charge in [0.15, 0.2) is 6.29 Å².